The first kappa shape index (κ1) is 14.7. The molecule has 0 spiro atoms. The molecule has 0 aliphatic carbocycles. The Morgan fingerprint density at radius 3 is 3.00 bits per heavy atom. The summed E-state index contributed by atoms with van der Waals surface area (Å²) in [7, 11) is 0. The summed E-state index contributed by atoms with van der Waals surface area (Å²) in [6, 6.07) is 3.92. The Bertz CT molecular complexity index is 481. The van der Waals surface area contributed by atoms with Gasteiger partial charge in [0, 0.05) is 6.04 Å². The molecular weight excluding hydrogens is 261 g/mol. The minimum Gasteiger partial charge on any atom is -0.397 e. The standard InChI is InChI=1S/C14H20FN3O2/c15-10-4-5-13(12(16)7-10)17-14(20)8-18-6-2-1-3-11(18)9-19/h4-5,7,11,19H,1-3,6,8-9,16H2,(H,17,20). The monoisotopic (exact) mass is 281 g/mol. The van der Waals surface area contributed by atoms with Crippen molar-refractivity contribution in [2.45, 2.75) is 25.3 Å². The molecule has 1 fully saturated rings. The fourth-order valence-electron chi connectivity index (χ4n) is 2.50. The van der Waals surface area contributed by atoms with E-state index < -0.39 is 5.82 Å². The van der Waals surface area contributed by atoms with Crippen LogP contribution in [0.15, 0.2) is 18.2 Å². The quantitative estimate of drug-likeness (QED) is 0.724. The van der Waals surface area contributed by atoms with Gasteiger partial charge in [0.15, 0.2) is 0 Å². The van der Waals surface area contributed by atoms with Crippen LogP contribution in [0.2, 0.25) is 0 Å². The van der Waals surface area contributed by atoms with Gasteiger partial charge in [0.05, 0.1) is 24.5 Å². The first-order chi connectivity index (χ1) is 9.60. The molecule has 110 valence electrons. The van der Waals surface area contributed by atoms with E-state index in [1.54, 1.807) is 0 Å². The number of nitrogens with zero attached hydrogens (tertiary/aromatic N) is 1. The lowest BCUT2D eigenvalue weighted by Crippen LogP contribution is -2.45. The van der Waals surface area contributed by atoms with Crippen molar-refractivity contribution in [2.24, 2.45) is 0 Å². The van der Waals surface area contributed by atoms with E-state index in [4.69, 9.17) is 5.73 Å². The second-order valence-electron chi connectivity index (χ2n) is 5.08. The third kappa shape index (κ3) is 3.68. The van der Waals surface area contributed by atoms with Gasteiger partial charge in [-0.05, 0) is 37.6 Å². The number of carbonyl (C=O) groups excluding carboxylic acids is 1. The summed E-state index contributed by atoms with van der Waals surface area (Å²) in [6.45, 7) is 1.07. The fourth-order valence-corrected chi connectivity index (χ4v) is 2.50. The largest absolute Gasteiger partial charge is 0.397 e. The minimum atomic E-state index is -0.433. The van der Waals surface area contributed by atoms with Gasteiger partial charge in [-0.25, -0.2) is 4.39 Å². The number of anilines is 2. The van der Waals surface area contributed by atoms with Crippen molar-refractivity contribution in [1.29, 1.82) is 0 Å². The zero-order chi connectivity index (χ0) is 14.5. The van der Waals surface area contributed by atoms with Crippen LogP contribution in [0.3, 0.4) is 0 Å². The molecule has 1 aliphatic heterocycles. The number of nitrogen functional groups attached to an aromatic ring is 1. The van der Waals surface area contributed by atoms with E-state index in [0.29, 0.717) is 5.69 Å². The van der Waals surface area contributed by atoms with Crippen LogP contribution in [0.1, 0.15) is 19.3 Å². The van der Waals surface area contributed by atoms with Crippen molar-refractivity contribution < 1.29 is 14.3 Å². The highest BCUT2D eigenvalue weighted by Crippen LogP contribution is 2.20. The molecule has 4 N–H and O–H groups in total. The molecule has 1 heterocycles. The molecule has 1 amide bonds. The number of nitrogens with one attached hydrogen (secondary N) is 1. The van der Waals surface area contributed by atoms with Crippen molar-refractivity contribution in [1.82, 2.24) is 4.90 Å². The van der Waals surface area contributed by atoms with Gasteiger partial charge in [-0.2, -0.15) is 0 Å². The summed E-state index contributed by atoms with van der Waals surface area (Å²) in [6.07, 6.45) is 3.01. The number of likely N-dealkylation sites (tertiary alicyclic amines) is 1. The molecule has 0 saturated carbocycles. The maximum Gasteiger partial charge on any atom is 0.238 e. The topological polar surface area (TPSA) is 78.6 Å². The van der Waals surface area contributed by atoms with Gasteiger partial charge in [-0.3, -0.25) is 9.69 Å². The van der Waals surface area contributed by atoms with Crippen molar-refractivity contribution in [3.8, 4) is 0 Å². The average Bonchev–Trinajstić information content (AvgIpc) is 2.42. The first-order valence-electron chi connectivity index (χ1n) is 6.80. The molecule has 0 radical (unpaired) electrons. The highest BCUT2D eigenvalue weighted by molar-refractivity contribution is 5.95. The second kappa shape index (κ2) is 6.67. The van der Waals surface area contributed by atoms with Crippen LogP contribution in [-0.2, 0) is 4.79 Å². The Balaban J connectivity index is 1.94. The Kier molecular flexibility index (Phi) is 4.92. The molecule has 2 rings (SSSR count). The van der Waals surface area contributed by atoms with Crippen LogP contribution in [0.25, 0.3) is 0 Å². The number of carbonyl (C=O) groups is 1. The van der Waals surface area contributed by atoms with E-state index in [1.165, 1.54) is 18.2 Å². The summed E-state index contributed by atoms with van der Waals surface area (Å²) in [5.41, 5.74) is 6.26. The Morgan fingerprint density at radius 2 is 2.30 bits per heavy atom. The third-order valence-electron chi connectivity index (χ3n) is 3.59. The van der Waals surface area contributed by atoms with Gasteiger partial charge >= 0.3 is 0 Å². The number of aliphatic hydroxyl groups excluding tert-OH is 1. The van der Waals surface area contributed by atoms with Crippen LogP contribution in [0.5, 0.6) is 0 Å². The van der Waals surface area contributed by atoms with Crippen molar-refractivity contribution >= 4 is 17.3 Å². The fraction of sp³-hybridized carbons (Fsp3) is 0.500. The van der Waals surface area contributed by atoms with Gasteiger partial charge in [-0.1, -0.05) is 6.42 Å². The van der Waals surface area contributed by atoms with Gasteiger partial charge < -0.3 is 16.2 Å². The van der Waals surface area contributed by atoms with Gasteiger partial charge in [0.1, 0.15) is 5.82 Å². The number of hydrogen-bond acceptors (Lipinski definition) is 4. The molecule has 1 atom stereocenters. The summed E-state index contributed by atoms with van der Waals surface area (Å²) < 4.78 is 12.9. The molecule has 5 nitrogen and oxygen atoms in total. The van der Waals surface area contributed by atoms with Crippen LogP contribution < -0.4 is 11.1 Å². The summed E-state index contributed by atoms with van der Waals surface area (Å²) >= 11 is 0. The van der Waals surface area contributed by atoms with Crippen LogP contribution in [-0.4, -0.2) is 41.7 Å². The first-order valence-corrected chi connectivity index (χ1v) is 6.80. The molecule has 20 heavy (non-hydrogen) atoms. The number of benzene rings is 1. The molecule has 1 unspecified atom stereocenters. The third-order valence-corrected chi connectivity index (χ3v) is 3.59. The Labute approximate surface area is 117 Å². The van der Waals surface area contributed by atoms with E-state index in [9.17, 15) is 14.3 Å². The number of aliphatic hydroxyl groups is 1. The SMILES string of the molecule is Nc1cc(F)ccc1NC(=O)CN1CCCCC1CO. The smallest absolute Gasteiger partial charge is 0.238 e. The van der Waals surface area contributed by atoms with Crippen LogP contribution >= 0.6 is 0 Å². The normalized spacial score (nSPS) is 19.8. The predicted octanol–water partition coefficient (Wildman–Crippen LogP) is 1.19. The number of nitrogens with two attached hydrogens (primary N) is 1. The van der Waals surface area contributed by atoms with E-state index in [0.717, 1.165) is 25.8 Å². The van der Waals surface area contributed by atoms with E-state index in [-0.39, 0.29) is 30.8 Å². The summed E-state index contributed by atoms with van der Waals surface area (Å²) in [5.74, 6) is -0.638. The van der Waals surface area contributed by atoms with Gasteiger partial charge in [-0.15, -0.1) is 0 Å². The number of halogens is 1. The lowest BCUT2D eigenvalue weighted by atomic mass is 10.0. The maximum atomic E-state index is 12.9. The Morgan fingerprint density at radius 1 is 1.50 bits per heavy atom. The summed E-state index contributed by atoms with van der Waals surface area (Å²) in [5, 5.41) is 12.0. The lowest BCUT2D eigenvalue weighted by molar-refractivity contribution is -0.118. The zero-order valence-corrected chi connectivity index (χ0v) is 11.3. The number of amides is 1. The molecule has 1 saturated heterocycles. The van der Waals surface area contributed by atoms with E-state index >= 15 is 0 Å². The second-order valence-corrected chi connectivity index (χ2v) is 5.08. The lowest BCUT2D eigenvalue weighted by Gasteiger charge is -2.33. The highest BCUT2D eigenvalue weighted by Gasteiger charge is 2.23. The summed E-state index contributed by atoms with van der Waals surface area (Å²) in [4.78, 5) is 14.0. The van der Waals surface area contributed by atoms with Gasteiger partial charge in [0.2, 0.25) is 5.91 Å². The van der Waals surface area contributed by atoms with Crippen molar-refractivity contribution in [3.05, 3.63) is 24.0 Å². The van der Waals surface area contributed by atoms with Crippen molar-refractivity contribution in [2.75, 3.05) is 30.7 Å². The van der Waals surface area contributed by atoms with E-state index in [1.807, 2.05) is 4.90 Å². The Hall–Kier alpha value is -1.66. The predicted molar refractivity (Wildman–Crippen MR) is 75.7 cm³/mol. The maximum absolute atomic E-state index is 12.9. The number of hydrogen-bond donors (Lipinski definition) is 3. The number of piperidine rings is 1. The molecule has 1 aromatic rings. The number of rotatable bonds is 4. The molecule has 1 aliphatic rings. The molecule has 1 aromatic carbocycles. The zero-order valence-electron chi connectivity index (χ0n) is 11.3. The molecule has 0 bridgehead atoms. The van der Waals surface area contributed by atoms with Crippen LogP contribution in [0.4, 0.5) is 15.8 Å². The van der Waals surface area contributed by atoms with Gasteiger partial charge in [0.25, 0.3) is 0 Å². The van der Waals surface area contributed by atoms with E-state index in [2.05, 4.69) is 5.32 Å². The highest BCUT2D eigenvalue weighted by atomic mass is 19.1. The molecular formula is C14H20FN3O2. The van der Waals surface area contributed by atoms with Crippen molar-refractivity contribution in [3.63, 3.8) is 0 Å². The molecule has 6 heteroatoms. The van der Waals surface area contributed by atoms with Crippen LogP contribution in [0, 0.1) is 5.82 Å². The molecule has 0 aromatic heterocycles. The average molecular weight is 281 g/mol. The minimum absolute atomic E-state index is 0.0417.